The topological polar surface area (TPSA) is 54.4 Å². The van der Waals surface area contributed by atoms with Gasteiger partial charge in [-0.3, -0.25) is 9.78 Å². The molecule has 0 aliphatic rings. The maximum atomic E-state index is 12.0. The van der Waals surface area contributed by atoms with Gasteiger partial charge in [-0.05, 0) is 30.5 Å². The van der Waals surface area contributed by atoms with Gasteiger partial charge in [0.25, 0.3) is 5.91 Å². The van der Waals surface area contributed by atoms with Crippen LogP contribution < -0.4 is 5.43 Å². The Morgan fingerprint density at radius 1 is 1.14 bits per heavy atom. The van der Waals surface area contributed by atoms with E-state index in [1.165, 1.54) is 6.20 Å². The SMILES string of the molecule is CCCC/C(=N/NC(=O)c1cccnc1)c1ccccc1. The number of carbonyl (C=O) groups is 1. The summed E-state index contributed by atoms with van der Waals surface area (Å²) in [6.07, 6.45) is 6.13. The molecule has 1 heterocycles. The molecule has 0 saturated heterocycles. The van der Waals surface area contributed by atoms with Crippen LogP contribution in [0, 0.1) is 0 Å². The number of hydrogen-bond donors (Lipinski definition) is 1. The lowest BCUT2D eigenvalue weighted by molar-refractivity contribution is 0.0954. The Morgan fingerprint density at radius 2 is 1.90 bits per heavy atom. The van der Waals surface area contributed by atoms with Gasteiger partial charge in [-0.15, -0.1) is 0 Å². The van der Waals surface area contributed by atoms with Crippen molar-refractivity contribution < 1.29 is 4.79 Å². The Morgan fingerprint density at radius 3 is 2.57 bits per heavy atom. The Hall–Kier alpha value is -2.49. The third kappa shape index (κ3) is 4.53. The molecular weight excluding hydrogens is 262 g/mol. The van der Waals surface area contributed by atoms with E-state index in [-0.39, 0.29) is 5.91 Å². The van der Waals surface area contributed by atoms with E-state index in [0.29, 0.717) is 5.56 Å². The van der Waals surface area contributed by atoms with Crippen LogP contribution in [0.3, 0.4) is 0 Å². The summed E-state index contributed by atoms with van der Waals surface area (Å²) in [5.41, 5.74) is 5.06. The molecule has 1 aromatic heterocycles. The van der Waals surface area contributed by atoms with Crippen molar-refractivity contribution in [3.05, 3.63) is 66.0 Å². The summed E-state index contributed by atoms with van der Waals surface area (Å²) in [6.45, 7) is 2.14. The molecule has 108 valence electrons. The van der Waals surface area contributed by atoms with Crippen molar-refractivity contribution >= 4 is 11.6 Å². The molecule has 0 aliphatic heterocycles. The summed E-state index contributed by atoms with van der Waals surface area (Å²) >= 11 is 0. The van der Waals surface area contributed by atoms with Crippen molar-refractivity contribution in [3.8, 4) is 0 Å². The zero-order chi connectivity index (χ0) is 14.9. The van der Waals surface area contributed by atoms with Crippen LogP contribution in [0.1, 0.15) is 42.1 Å². The molecule has 0 fully saturated rings. The molecule has 4 nitrogen and oxygen atoms in total. The first-order valence-electron chi connectivity index (χ1n) is 7.13. The number of unbranched alkanes of at least 4 members (excludes halogenated alkanes) is 1. The van der Waals surface area contributed by atoms with E-state index in [4.69, 9.17) is 0 Å². The normalized spacial score (nSPS) is 11.2. The van der Waals surface area contributed by atoms with Crippen LogP contribution in [0.4, 0.5) is 0 Å². The van der Waals surface area contributed by atoms with Crippen molar-refractivity contribution in [1.29, 1.82) is 0 Å². The molecule has 0 spiro atoms. The maximum absolute atomic E-state index is 12.0. The fourth-order valence-corrected chi connectivity index (χ4v) is 1.92. The van der Waals surface area contributed by atoms with E-state index in [9.17, 15) is 4.79 Å². The Labute approximate surface area is 124 Å². The van der Waals surface area contributed by atoms with Crippen LogP contribution in [0.25, 0.3) is 0 Å². The molecule has 21 heavy (non-hydrogen) atoms. The second-order valence-electron chi connectivity index (χ2n) is 4.71. The van der Waals surface area contributed by atoms with Crippen molar-refractivity contribution in [2.24, 2.45) is 5.10 Å². The number of amides is 1. The van der Waals surface area contributed by atoms with Gasteiger partial charge < -0.3 is 0 Å². The minimum absolute atomic E-state index is 0.243. The highest BCUT2D eigenvalue weighted by Crippen LogP contribution is 2.08. The number of hydrazone groups is 1. The fraction of sp³-hybridized carbons (Fsp3) is 0.235. The number of carbonyl (C=O) groups excluding carboxylic acids is 1. The lowest BCUT2D eigenvalue weighted by atomic mass is 10.1. The van der Waals surface area contributed by atoms with Gasteiger partial charge in [-0.1, -0.05) is 43.7 Å². The van der Waals surface area contributed by atoms with Crippen molar-refractivity contribution in [1.82, 2.24) is 10.4 Å². The number of benzene rings is 1. The maximum Gasteiger partial charge on any atom is 0.272 e. The third-order valence-electron chi connectivity index (χ3n) is 3.09. The van der Waals surface area contributed by atoms with Gasteiger partial charge in [0.15, 0.2) is 0 Å². The highest BCUT2D eigenvalue weighted by atomic mass is 16.2. The minimum Gasteiger partial charge on any atom is -0.267 e. The summed E-state index contributed by atoms with van der Waals surface area (Å²) in [5.74, 6) is -0.243. The smallest absolute Gasteiger partial charge is 0.267 e. The third-order valence-corrected chi connectivity index (χ3v) is 3.09. The summed E-state index contributed by atoms with van der Waals surface area (Å²) < 4.78 is 0. The molecule has 0 atom stereocenters. The molecular formula is C17H19N3O. The first kappa shape index (κ1) is 14.9. The summed E-state index contributed by atoms with van der Waals surface area (Å²) in [6, 6.07) is 13.4. The molecule has 0 bridgehead atoms. The molecule has 1 amide bonds. The molecule has 0 saturated carbocycles. The van der Waals surface area contributed by atoms with Crippen molar-refractivity contribution in [2.45, 2.75) is 26.2 Å². The zero-order valence-corrected chi connectivity index (χ0v) is 12.1. The number of nitrogens with zero attached hydrogens (tertiary/aromatic N) is 2. The van der Waals surface area contributed by atoms with Gasteiger partial charge in [0.1, 0.15) is 0 Å². The highest BCUT2D eigenvalue weighted by Gasteiger charge is 2.06. The van der Waals surface area contributed by atoms with E-state index in [0.717, 1.165) is 30.5 Å². The van der Waals surface area contributed by atoms with Gasteiger partial charge in [0.05, 0.1) is 11.3 Å². The molecule has 0 radical (unpaired) electrons. The predicted molar refractivity (Wildman–Crippen MR) is 84.2 cm³/mol. The summed E-state index contributed by atoms with van der Waals surface area (Å²) in [5, 5.41) is 4.30. The average Bonchev–Trinajstić information content (AvgIpc) is 2.56. The second kappa shape index (κ2) is 7.94. The first-order chi connectivity index (χ1) is 10.3. The predicted octanol–water partition coefficient (Wildman–Crippen LogP) is 3.41. The Bertz CT molecular complexity index is 594. The molecule has 0 aliphatic carbocycles. The summed E-state index contributed by atoms with van der Waals surface area (Å²) in [4.78, 5) is 15.9. The number of nitrogens with one attached hydrogen (secondary N) is 1. The van der Waals surface area contributed by atoms with E-state index in [1.807, 2.05) is 30.3 Å². The van der Waals surface area contributed by atoms with Crippen LogP contribution in [0.15, 0.2) is 60.0 Å². The average molecular weight is 281 g/mol. The van der Waals surface area contributed by atoms with Gasteiger partial charge >= 0.3 is 0 Å². The van der Waals surface area contributed by atoms with Crippen LogP contribution in [-0.2, 0) is 0 Å². The van der Waals surface area contributed by atoms with Crippen LogP contribution >= 0.6 is 0 Å². The van der Waals surface area contributed by atoms with E-state index in [2.05, 4.69) is 22.4 Å². The van der Waals surface area contributed by atoms with E-state index in [1.54, 1.807) is 18.3 Å². The second-order valence-corrected chi connectivity index (χ2v) is 4.71. The molecule has 1 aromatic carbocycles. The van der Waals surface area contributed by atoms with Crippen LogP contribution in [-0.4, -0.2) is 16.6 Å². The molecule has 0 unspecified atom stereocenters. The Balaban J connectivity index is 2.11. The molecule has 2 aromatic rings. The van der Waals surface area contributed by atoms with Gasteiger partial charge in [0, 0.05) is 12.4 Å². The number of hydrogen-bond acceptors (Lipinski definition) is 3. The van der Waals surface area contributed by atoms with Gasteiger partial charge in [-0.2, -0.15) is 5.10 Å². The van der Waals surface area contributed by atoms with E-state index < -0.39 is 0 Å². The van der Waals surface area contributed by atoms with Gasteiger partial charge in [0.2, 0.25) is 0 Å². The number of aromatic nitrogens is 1. The lowest BCUT2D eigenvalue weighted by Gasteiger charge is -2.07. The minimum atomic E-state index is -0.243. The Kier molecular flexibility index (Phi) is 5.64. The van der Waals surface area contributed by atoms with Crippen molar-refractivity contribution in [2.75, 3.05) is 0 Å². The van der Waals surface area contributed by atoms with Crippen LogP contribution in [0.2, 0.25) is 0 Å². The first-order valence-corrected chi connectivity index (χ1v) is 7.13. The van der Waals surface area contributed by atoms with Crippen LogP contribution in [0.5, 0.6) is 0 Å². The molecule has 1 N–H and O–H groups in total. The summed E-state index contributed by atoms with van der Waals surface area (Å²) in [7, 11) is 0. The highest BCUT2D eigenvalue weighted by molar-refractivity contribution is 6.02. The zero-order valence-electron chi connectivity index (χ0n) is 12.1. The molecule has 2 rings (SSSR count). The quantitative estimate of drug-likeness (QED) is 0.651. The van der Waals surface area contributed by atoms with E-state index >= 15 is 0 Å². The standard InChI is InChI=1S/C17H19N3O/c1-2-3-11-16(14-8-5-4-6-9-14)19-20-17(21)15-10-7-12-18-13-15/h4-10,12-13H,2-3,11H2,1H3,(H,20,21)/b19-16-. The fourth-order valence-electron chi connectivity index (χ4n) is 1.92. The monoisotopic (exact) mass is 281 g/mol. The van der Waals surface area contributed by atoms with Crippen molar-refractivity contribution in [3.63, 3.8) is 0 Å². The number of pyridine rings is 1. The lowest BCUT2D eigenvalue weighted by Crippen LogP contribution is -2.20. The molecule has 4 heteroatoms. The number of rotatable bonds is 6. The largest absolute Gasteiger partial charge is 0.272 e. The van der Waals surface area contributed by atoms with Gasteiger partial charge in [-0.25, -0.2) is 5.43 Å².